The summed E-state index contributed by atoms with van der Waals surface area (Å²) in [7, 11) is 0. The topological polar surface area (TPSA) is 100 Å². The minimum atomic E-state index is -0.0223. The van der Waals surface area contributed by atoms with Gasteiger partial charge in [0.15, 0.2) is 0 Å². The second-order valence-electron chi connectivity index (χ2n) is 4.59. The molecular weight excluding hydrogens is 258 g/mol. The highest BCUT2D eigenvalue weighted by Crippen LogP contribution is 2.16. The average Bonchev–Trinajstić information content (AvgIpc) is 2.64. The van der Waals surface area contributed by atoms with E-state index in [4.69, 9.17) is 5.73 Å². The number of amides is 1. The van der Waals surface area contributed by atoms with Crippen LogP contribution in [0, 0.1) is 0 Å². The summed E-state index contributed by atoms with van der Waals surface area (Å²) in [6.07, 6.45) is 0.859. The van der Waals surface area contributed by atoms with E-state index in [0.29, 0.717) is 18.4 Å². The summed E-state index contributed by atoms with van der Waals surface area (Å²) in [5, 5.41) is 2.83. The van der Waals surface area contributed by atoms with Crippen LogP contribution in [0.5, 0.6) is 0 Å². The van der Waals surface area contributed by atoms with Gasteiger partial charge in [0.2, 0.25) is 23.8 Å². The van der Waals surface area contributed by atoms with Gasteiger partial charge in [0.25, 0.3) is 0 Å². The maximum atomic E-state index is 11.6. The van der Waals surface area contributed by atoms with Gasteiger partial charge in [0.05, 0.1) is 6.54 Å². The molecule has 0 bridgehead atoms. The Labute approximate surface area is 118 Å². The fraction of sp³-hybridized carbons (Fsp3) is 0.667. The third-order valence-corrected chi connectivity index (χ3v) is 3.22. The van der Waals surface area contributed by atoms with Gasteiger partial charge in [0, 0.05) is 26.2 Å². The van der Waals surface area contributed by atoms with E-state index in [1.807, 2.05) is 23.6 Å². The van der Waals surface area contributed by atoms with Crippen molar-refractivity contribution in [2.75, 3.05) is 48.3 Å². The Morgan fingerprint density at radius 1 is 1.30 bits per heavy atom. The number of anilines is 3. The highest BCUT2D eigenvalue weighted by Gasteiger charge is 2.19. The number of nitrogens with two attached hydrogens (primary N) is 1. The van der Waals surface area contributed by atoms with Crippen molar-refractivity contribution in [2.24, 2.45) is 0 Å². The molecule has 1 fully saturated rings. The molecule has 0 saturated carbocycles. The van der Waals surface area contributed by atoms with Gasteiger partial charge in [-0.2, -0.15) is 15.0 Å². The van der Waals surface area contributed by atoms with Crippen LogP contribution in [0.4, 0.5) is 17.8 Å². The van der Waals surface area contributed by atoms with Gasteiger partial charge in [-0.25, -0.2) is 0 Å². The monoisotopic (exact) mass is 279 g/mol. The molecular formula is C12H21N7O. The molecule has 3 N–H and O–H groups in total. The normalized spacial score (nSPS) is 15.7. The standard InChI is InChI=1S/C12H21N7O/c1-3-18(4-2)11-15-10(13)16-12(17-11)19-7-5-6-14-9(20)8-19/h3-8H2,1-2H3,(H,14,20)(H2,13,15,16,17). The minimum Gasteiger partial charge on any atom is -0.368 e. The van der Waals surface area contributed by atoms with Crippen LogP contribution in [0.25, 0.3) is 0 Å². The lowest BCUT2D eigenvalue weighted by atomic mass is 10.4. The molecule has 1 aliphatic rings. The first kappa shape index (κ1) is 14.3. The summed E-state index contributed by atoms with van der Waals surface area (Å²) in [6, 6.07) is 0. The lowest BCUT2D eigenvalue weighted by Gasteiger charge is -2.23. The van der Waals surface area contributed by atoms with Crippen LogP contribution in [0.1, 0.15) is 20.3 Å². The molecule has 20 heavy (non-hydrogen) atoms. The number of nitrogen functional groups attached to an aromatic ring is 1. The predicted octanol–water partition coefficient (Wildman–Crippen LogP) is -0.374. The van der Waals surface area contributed by atoms with E-state index in [0.717, 1.165) is 26.1 Å². The zero-order valence-electron chi connectivity index (χ0n) is 12.0. The van der Waals surface area contributed by atoms with E-state index in [9.17, 15) is 4.79 Å². The molecule has 8 heteroatoms. The molecule has 1 saturated heterocycles. The molecule has 0 atom stereocenters. The number of rotatable bonds is 4. The van der Waals surface area contributed by atoms with Gasteiger partial charge in [-0.05, 0) is 20.3 Å². The Kier molecular flexibility index (Phi) is 4.54. The second-order valence-corrected chi connectivity index (χ2v) is 4.59. The van der Waals surface area contributed by atoms with E-state index in [1.165, 1.54) is 0 Å². The van der Waals surface area contributed by atoms with Gasteiger partial charge >= 0.3 is 0 Å². The van der Waals surface area contributed by atoms with Crippen molar-refractivity contribution in [1.29, 1.82) is 0 Å². The van der Waals surface area contributed by atoms with Crippen LogP contribution >= 0.6 is 0 Å². The zero-order chi connectivity index (χ0) is 14.5. The van der Waals surface area contributed by atoms with Gasteiger partial charge in [-0.1, -0.05) is 0 Å². The predicted molar refractivity (Wildman–Crippen MR) is 77.6 cm³/mol. The fourth-order valence-electron chi connectivity index (χ4n) is 2.14. The first-order valence-electron chi connectivity index (χ1n) is 6.92. The molecule has 110 valence electrons. The fourth-order valence-corrected chi connectivity index (χ4v) is 2.14. The summed E-state index contributed by atoms with van der Waals surface area (Å²) < 4.78 is 0. The van der Waals surface area contributed by atoms with Crippen molar-refractivity contribution in [3.63, 3.8) is 0 Å². The number of hydrogen-bond donors (Lipinski definition) is 2. The number of carbonyl (C=O) groups is 1. The van der Waals surface area contributed by atoms with Crippen molar-refractivity contribution in [3.05, 3.63) is 0 Å². The summed E-state index contributed by atoms with van der Waals surface area (Å²) >= 11 is 0. The first-order chi connectivity index (χ1) is 9.63. The number of nitrogens with zero attached hydrogens (tertiary/aromatic N) is 5. The van der Waals surface area contributed by atoms with Crippen LogP contribution in [0.2, 0.25) is 0 Å². The molecule has 2 rings (SSSR count). The van der Waals surface area contributed by atoms with Crippen molar-refractivity contribution >= 4 is 23.8 Å². The Morgan fingerprint density at radius 2 is 2.05 bits per heavy atom. The number of aromatic nitrogens is 3. The Balaban J connectivity index is 2.28. The molecule has 1 aromatic heterocycles. The van der Waals surface area contributed by atoms with Crippen LogP contribution in [-0.4, -0.2) is 53.6 Å². The van der Waals surface area contributed by atoms with Gasteiger partial charge in [-0.3, -0.25) is 4.79 Å². The van der Waals surface area contributed by atoms with E-state index in [2.05, 4.69) is 20.3 Å². The van der Waals surface area contributed by atoms with Crippen LogP contribution in [-0.2, 0) is 4.79 Å². The summed E-state index contributed by atoms with van der Waals surface area (Å²) in [6.45, 7) is 7.30. The van der Waals surface area contributed by atoms with Crippen LogP contribution in [0.3, 0.4) is 0 Å². The summed E-state index contributed by atoms with van der Waals surface area (Å²) in [5.74, 6) is 1.19. The Bertz CT molecular complexity index is 475. The molecule has 0 radical (unpaired) electrons. The van der Waals surface area contributed by atoms with Crippen molar-refractivity contribution in [1.82, 2.24) is 20.3 Å². The van der Waals surface area contributed by atoms with Gasteiger partial charge in [-0.15, -0.1) is 0 Å². The molecule has 1 amide bonds. The van der Waals surface area contributed by atoms with Gasteiger partial charge < -0.3 is 20.9 Å². The molecule has 1 aromatic rings. The minimum absolute atomic E-state index is 0.0223. The number of hydrogen-bond acceptors (Lipinski definition) is 7. The Morgan fingerprint density at radius 3 is 2.75 bits per heavy atom. The third kappa shape index (κ3) is 3.25. The molecule has 0 unspecified atom stereocenters. The second kappa shape index (κ2) is 6.36. The van der Waals surface area contributed by atoms with Crippen LogP contribution in [0.15, 0.2) is 0 Å². The van der Waals surface area contributed by atoms with Crippen molar-refractivity contribution in [2.45, 2.75) is 20.3 Å². The van der Waals surface area contributed by atoms with E-state index >= 15 is 0 Å². The highest BCUT2D eigenvalue weighted by molar-refractivity contribution is 5.81. The molecule has 8 nitrogen and oxygen atoms in total. The third-order valence-electron chi connectivity index (χ3n) is 3.22. The average molecular weight is 279 g/mol. The number of carbonyl (C=O) groups excluding carboxylic acids is 1. The molecule has 0 spiro atoms. The first-order valence-corrected chi connectivity index (χ1v) is 6.92. The SMILES string of the molecule is CCN(CC)c1nc(N)nc(N2CCCNC(=O)C2)n1. The highest BCUT2D eigenvalue weighted by atomic mass is 16.2. The molecule has 2 heterocycles. The van der Waals surface area contributed by atoms with Gasteiger partial charge in [0.1, 0.15) is 0 Å². The van der Waals surface area contributed by atoms with E-state index < -0.39 is 0 Å². The maximum absolute atomic E-state index is 11.6. The molecule has 0 aromatic carbocycles. The van der Waals surface area contributed by atoms with Crippen molar-refractivity contribution in [3.8, 4) is 0 Å². The quantitative estimate of drug-likeness (QED) is 0.775. The summed E-state index contributed by atoms with van der Waals surface area (Å²) in [5.41, 5.74) is 5.77. The zero-order valence-corrected chi connectivity index (χ0v) is 12.0. The van der Waals surface area contributed by atoms with Crippen molar-refractivity contribution < 1.29 is 4.79 Å². The molecule has 1 aliphatic heterocycles. The lowest BCUT2D eigenvalue weighted by molar-refractivity contribution is -0.119. The summed E-state index contributed by atoms with van der Waals surface area (Å²) in [4.78, 5) is 28.2. The maximum Gasteiger partial charge on any atom is 0.239 e. The van der Waals surface area contributed by atoms with Crippen LogP contribution < -0.4 is 20.9 Å². The van der Waals surface area contributed by atoms with E-state index in [-0.39, 0.29) is 18.4 Å². The lowest BCUT2D eigenvalue weighted by Crippen LogP contribution is -2.35. The Hall–Kier alpha value is -2.12. The molecule has 0 aliphatic carbocycles. The van der Waals surface area contributed by atoms with E-state index in [1.54, 1.807) is 0 Å². The number of nitrogens with one attached hydrogen (secondary N) is 1. The smallest absolute Gasteiger partial charge is 0.239 e. The largest absolute Gasteiger partial charge is 0.368 e.